The number of hydrogen-bond donors (Lipinski definition) is 1. The van der Waals surface area contributed by atoms with Gasteiger partial charge in [0.1, 0.15) is 12.2 Å². The Morgan fingerprint density at radius 2 is 2.35 bits per heavy atom. The molecule has 0 aromatic carbocycles. The molecule has 2 aromatic rings. The summed E-state index contributed by atoms with van der Waals surface area (Å²) in [5, 5.41) is 6.82. The number of piperidine rings is 1. The third kappa shape index (κ3) is 2.21. The number of likely N-dealkylation sites (tertiary alicyclic amines) is 1. The quantitative estimate of drug-likeness (QED) is 0.901. The molecule has 20 heavy (non-hydrogen) atoms. The van der Waals surface area contributed by atoms with Gasteiger partial charge in [-0.05, 0) is 25.8 Å². The van der Waals surface area contributed by atoms with E-state index in [4.69, 9.17) is 0 Å². The predicted molar refractivity (Wildman–Crippen MR) is 74.4 cm³/mol. The van der Waals surface area contributed by atoms with E-state index in [2.05, 4.69) is 15.2 Å². The maximum atomic E-state index is 12.6. The topological polar surface area (TPSA) is 66.8 Å². The second-order valence-electron chi connectivity index (χ2n) is 5.39. The summed E-state index contributed by atoms with van der Waals surface area (Å²) >= 11 is 0. The molecule has 1 amide bonds. The van der Waals surface area contributed by atoms with Gasteiger partial charge in [-0.15, -0.1) is 0 Å². The van der Waals surface area contributed by atoms with Crippen molar-refractivity contribution in [2.75, 3.05) is 13.1 Å². The van der Waals surface area contributed by atoms with E-state index in [0.29, 0.717) is 6.54 Å². The zero-order valence-corrected chi connectivity index (χ0v) is 11.8. The number of hydrogen-bond acceptors (Lipinski definition) is 3. The summed E-state index contributed by atoms with van der Waals surface area (Å²) in [6.07, 6.45) is 5.51. The molecule has 3 heterocycles. The normalized spacial score (nSPS) is 19.3. The summed E-state index contributed by atoms with van der Waals surface area (Å²) < 4.78 is 1.98. The fourth-order valence-electron chi connectivity index (χ4n) is 2.80. The van der Waals surface area contributed by atoms with Crippen molar-refractivity contribution >= 4 is 5.91 Å². The molecular formula is C14H19N5O. The molecule has 1 saturated heterocycles. The zero-order chi connectivity index (χ0) is 14.1. The molecule has 6 heteroatoms. The van der Waals surface area contributed by atoms with Crippen LogP contribution >= 0.6 is 0 Å². The number of H-pyrrole nitrogens is 1. The number of aryl methyl sites for hydroxylation is 1. The third-order valence-corrected chi connectivity index (χ3v) is 4.14. The lowest BCUT2D eigenvalue weighted by atomic mass is 9.97. The first-order valence-corrected chi connectivity index (χ1v) is 6.93. The fourth-order valence-corrected chi connectivity index (χ4v) is 2.80. The molecule has 0 bridgehead atoms. The zero-order valence-electron chi connectivity index (χ0n) is 11.8. The molecule has 1 fully saturated rings. The Bertz CT molecular complexity index is 601. The van der Waals surface area contributed by atoms with Crippen LogP contribution in [0.2, 0.25) is 0 Å². The average molecular weight is 273 g/mol. The lowest BCUT2D eigenvalue weighted by molar-refractivity contribution is 0.0704. The maximum Gasteiger partial charge on any atom is 0.255 e. The molecule has 1 aliphatic heterocycles. The Morgan fingerprint density at radius 1 is 1.50 bits per heavy atom. The Kier molecular flexibility index (Phi) is 3.30. The minimum atomic E-state index is 0.118. The standard InChI is InChI=1S/C14H19N5O/c1-10-12(5-7-18(10)2)14(20)19-6-3-4-11(8-19)13-15-9-16-17-13/h5,7,9,11H,3-4,6,8H2,1-2H3,(H,15,16,17). The Morgan fingerprint density at radius 3 is 3.00 bits per heavy atom. The van der Waals surface area contributed by atoms with Gasteiger partial charge in [-0.1, -0.05) is 0 Å². The Hall–Kier alpha value is -2.11. The van der Waals surface area contributed by atoms with Crippen molar-refractivity contribution in [2.24, 2.45) is 7.05 Å². The van der Waals surface area contributed by atoms with Crippen molar-refractivity contribution in [3.63, 3.8) is 0 Å². The molecule has 0 aliphatic carbocycles. The highest BCUT2D eigenvalue weighted by Crippen LogP contribution is 2.25. The number of rotatable bonds is 2. The lowest BCUT2D eigenvalue weighted by Crippen LogP contribution is -2.39. The van der Waals surface area contributed by atoms with E-state index >= 15 is 0 Å². The molecule has 1 N–H and O–H groups in total. The molecule has 106 valence electrons. The molecule has 1 aliphatic rings. The van der Waals surface area contributed by atoms with Crippen molar-refractivity contribution in [1.82, 2.24) is 24.6 Å². The molecule has 1 unspecified atom stereocenters. The molecule has 0 radical (unpaired) electrons. The summed E-state index contributed by atoms with van der Waals surface area (Å²) in [5.74, 6) is 1.26. The first-order valence-electron chi connectivity index (χ1n) is 6.93. The molecule has 3 rings (SSSR count). The van der Waals surface area contributed by atoms with Crippen LogP contribution in [0, 0.1) is 6.92 Å². The van der Waals surface area contributed by atoms with Gasteiger partial charge in [0.2, 0.25) is 0 Å². The SMILES string of the molecule is Cc1c(C(=O)N2CCCC(c3ncn[nH]3)C2)ccn1C. The number of carbonyl (C=O) groups is 1. The number of carbonyl (C=O) groups excluding carboxylic acids is 1. The largest absolute Gasteiger partial charge is 0.354 e. The lowest BCUT2D eigenvalue weighted by Gasteiger charge is -2.31. The summed E-state index contributed by atoms with van der Waals surface area (Å²) in [6, 6.07) is 1.90. The van der Waals surface area contributed by atoms with Crippen molar-refractivity contribution in [3.8, 4) is 0 Å². The van der Waals surface area contributed by atoms with Gasteiger partial charge < -0.3 is 9.47 Å². The molecule has 6 nitrogen and oxygen atoms in total. The van der Waals surface area contributed by atoms with Crippen LogP contribution in [-0.4, -0.2) is 43.6 Å². The van der Waals surface area contributed by atoms with Crippen LogP contribution in [0.3, 0.4) is 0 Å². The Balaban J connectivity index is 1.77. The van der Waals surface area contributed by atoms with Crippen LogP contribution in [0.4, 0.5) is 0 Å². The highest BCUT2D eigenvalue weighted by atomic mass is 16.2. The number of aromatic nitrogens is 4. The van der Waals surface area contributed by atoms with Crippen LogP contribution in [0.15, 0.2) is 18.6 Å². The minimum absolute atomic E-state index is 0.118. The molecule has 2 aromatic heterocycles. The van der Waals surface area contributed by atoms with E-state index < -0.39 is 0 Å². The van der Waals surface area contributed by atoms with Gasteiger partial charge in [0.15, 0.2) is 0 Å². The van der Waals surface area contributed by atoms with Crippen molar-refractivity contribution in [2.45, 2.75) is 25.7 Å². The summed E-state index contributed by atoms with van der Waals surface area (Å²) in [5.41, 5.74) is 1.81. The van der Waals surface area contributed by atoms with Gasteiger partial charge >= 0.3 is 0 Å². The smallest absolute Gasteiger partial charge is 0.255 e. The highest BCUT2D eigenvalue weighted by Gasteiger charge is 2.28. The van der Waals surface area contributed by atoms with E-state index in [0.717, 1.165) is 36.5 Å². The Labute approximate surface area is 117 Å². The van der Waals surface area contributed by atoms with Crippen LogP contribution in [0.5, 0.6) is 0 Å². The molecule has 0 saturated carbocycles. The van der Waals surface area contributed by atoms with E-state index in [1.54, 1.807) is 0 Å². The summed E-state index contributed by atoms with van der Waals surface area (Å²) in [7, 11) is 1.96. The predicted octanol–water partition coefficient (Wildman–Crippen LogP) is 1.47. The highest BCUT2D eigenvalue weighted by molar-refractivity contribution is 5.95. The van der Waals surface area contributed by atoms with Crippen LogP contribution < -0.4 is 0 Å². The second-order valence-corrected chi connectivity index (χ2v) is 5.39. The van der Waals surface area contributed by atoms with Gasteiger partial charge in [0, 0.05) is 37.9 Å². The number of aromatic amines is 1. The molecular weight excluding hydrogens is 254 g/mol. The van der Waals surface area contributed by atoms with Crippen LogP contribution in [-0.2, 0) is 7.05 Å². The van der Waals surface area contributed by atoms with Crippen molar-refractivity contribution in [1.29, 1.82) is 0 Å². The molecule has 0 spiro atoms. The maximum absolute atomic E-state index is 12.6. The average Bonchev–Trinajstić information content (AvgIpc) is 3.10. The molecule has 1 atom stereocenters. The first-order chi connectivity index (χ1) is 9.66. The fraction of sp³-hybridized carbons (Fsp3) is 0.500. The number of amides is 1. The minimum Gasteiger partial charge on any atom is -0.354 e. The first kappa shape index (κ1) is 12.9. The van der Waals surface area contributed by atoms with E-state index in [-0.39, 0.29) is 11.8 Å². The third-order valence-electron chi connectivity index (χ3n) is 4.14. The van der Waals surface area contributed by atoms with Crippen molar-refractivity contribution in [3.05, 3.63) is 35.7 Å². The van der Waals surface area contributed by atoms with E-state index in [9.17, 15) is 4.79 Å². The second kappa shape index (κ2) is 5.11. The van der Waals surface area contributed by atoms with Gasteiger partial charge in [0.25, 0.3) is 5.91 Å². The monoisotopic (exact) mass is 273 g/mol. The number of nitrogens with one attached hydrogen (secondary N) is 1. The van der Waals surface area contributed by atoms with Crippen molar-refractivity contribution < 1.29 is 4.79 Å². The summed E-state index contributed by atoms with van der Waals surface area (Å²) in [4.78, 5) is 18.8. The van der Waals surface area contributed by atoms with Gasteiger partial charge in [-0.2, -0.15) is 5.10 Å². The number of nitrogens with zero attached hydrogens (tertiary/aromatic N) is 4. The summed E-state index contributed by atoms with van der Waals surface area (Å²) in [6.45, 7) is 3.51. The van der Waals surface area contributed by atoms with Gasteiger partial charge in [-0.25, -0.2) is 4.98 Å². The van der Waals surface area contributed by atoms with E-state index in [1.165, 1.54) is 6.33 Å². The van der Waals surface area contributed by atoms with Crippen LogP contribution in [0.1, 0.15) is 40.6 Å². The van der Waals surface area contributed by atoms with Crippen LogP contribution in [0.25, 0.3) is 0 Å². The van der Waals surface area contributed by atoms with Gasteiger partial charge in [0.05, 0.1) is 5.56 Å². The van der Waals surface area contributed by atoms with E-state index in [1.807, 2.05) is 35.7 Å². The van der Waals surface area contributed by atoms with Gasteiger partial charge in [-0.3, -0.25) is 9.89 Å².